The van der Waals surface area contributed by atoms with E-state index in [1.54, 1.807) is 12.1 Å². The Bertz CT molecular complexity index is 565. The molecular formula is C15H14FNO. The largest absolute Gasteiger partial charge is 0.489 e. The van der Waals surface area contributed by atoms with Gasteiger partial charge in [-0.3, -0.25) is 0 Å². The number of aryl methyl sites for hydroxylation is 1. The first-order valence-electron chi connectivity index (χ1n) is 5.98. The zero-order valence-electron chi connectivity index (χ0n) is 10.1. The second-order valence-electron chi connectivity index (χ2n) is 4.56. The van der Waals surface area contributed by atoms with Crippen LogP contribution >= 0.6 is 0 Å². The Morgan fingerprint density at radius 2 is 1.94 bits per heavy atom. The molecule has 92 valence electrons. The maximum Gasteiger partial charge on any atom is 0.142 e. The van der Waals surface area contributed by atoms with Crippen LogP contribution in [0.5, 0.6) is 5.75 Å². The van der Waals surface area contributed by atoms with E-state index in [0.29, 0.717) is 6.61 Å². The lowest BCUT2D eigenvalue weighted by atomic mass is 10.1. The van der Waals surface area contributed by atoms with Crippen molar-refractivity contribution in [1.29, 1.82) is 0 Å². The van der Waals surface area contributed by atoms with Crippen molar-refractivity contribution in [2.24, 2.45) is 0 Å². The third-order valence-electron chi connectivity index (χ3n) is 3.14. The molecule has 0 amide bonds. The van der Waals surface area contributed by atoms with Crippen LogP contribution < -0.4 is 10.1 Å². The fraction of sp³-hybridized carbons (Fsp3) is 0.200. The lowest BCUT2D eigenvalue weighted by molar-refractivity contribution is 0.286. The maximum absolute atomic E-state index is 12.9. The summed E-state index contributed by atoms with van der Waals surface area (Å²) in [7, 11) is 0. The fourth-order valence-corrected chi connectivity index (χ4v) is 2.15. The molecule has 1 aliphatic rings. The van der Waals surface area contributed by atoms with Crippen LogP contribution in [0.4, 0.5) is 10.1 Å². The molecule has 1 unspecified atom stereocenters. The number of benzene rings is 2. The lowest BCUT2D eigenvalue weighted by Crippen LogP contribution is -2.23. The van der Waals surface area contributed by atoms with Crippen LogP contribution in [-0.4, -0.2) is 6.61 Å². The summed E-state index contributed by atoms with van der Waals surface area (Å²) >= 11 is 0. The van der Waals surface area contributed by atoms with Gasteiger partial charge in [0.25, 0.3) is 0 Å². The maximum atomic E-state index is 12.9. The van der Waals surface area contributed by atoms with Gasteiger partial charge in [-0.15, -0.1) is 0 Å². The Morgan fingerprint density at radius 3 is 2.72 bits per heavy atom. The molecule has 2 aromatic carbocycles. The van der Waals surface area contributed by atoms with Gasteiger partial charge in [-0.05, 0) is 42.3 Å². The summed E-state index contributed by atoms with van der Waals surface area (Å²) in [5.74, 6) is 0.667. The first-order chi connectivity index (χ1) is 8.72. The van der Waals surface area contributed by atoms with Gasteiger partial charge in [0.15, 0.2) is 0 Å². The number of halogens is 1. The van der Waals surface area contributed by atoms with Gasteiger partial charge in [0.1, 0.15) is 18.2 Å². The van der Waals surface area contributed by atoms with Crippen molar-refractivity contribution in [2.75, 3.05) is 11.9 Å². The van der Waals surface area contributed by atoms with E-state index in [-0.39, 0.29) is 11.9 Å². The molecule has 0 saturated heterocycles. The van der Waals surface area contributed by atoms with E-state index in [1.165, 1.54) is 17.7 Å². The van der Waals surface area contributed by atoms with Crippen LogP contribution in [0.2, 0.25) is 0 Å². The van der Waals surface area contributed by atoms with Crippen molar-refractivity contribution < 1.29 is 9.13 Å². The second kappa shape index (κ2) is 4.33. The fourth-order valence-electron chi connectivity index (χ4n) is 2.15. The Kier molecular flexibility index (Phi) is 2.67. The molecule has 18 heavy (non-hydrogen) atoms. The summed E-state index contributed by atoms with van der Waals surface area (Å²) in [6.45, 7) is 2.60. The Morgan fingerprint density at radius 1 is 1.17 bits per heavy atom. The zero-order chi connectivity index (χ0) is 12.5. The first-order valence-corrected chi connectivity index (χ1v) is 5.98. The number of hydrogen-bond acceptors (Lipinski definition) is 2. The average Bonchev–Trinajstić information content (AvgIpc) is 2.39. The van der Waals surface area contributed by atoms with Crippen LogP contribution in [0, 0.1) is 12.7 Å². The number of ether oxygens (including phenoxy) is 1. The molecule has 1 atom stereocenters. The predicted molar refractivity (Wildman–Crippen MR) is 69.4 cm³/mol. The topological polar surface area (TPSA) is 21.3 Å². The number of hydrogen-bond donors (Lipinski definition) is 1. The third kappa shape index (κ3) is 2.04. The van der Waals surface area contributed by atoms with Crippen LogP contribution in [0.3, 0.4) is 0 Å². The van der Waals surface area contributed by atoms with Crippen LogP contribution in [0.15, 0.2) is 42.5 Å². The normalized spacial score (nSPS) is 17.6. The van der Waals surface area contributed by atoms with Gasteiger partial charge in [0.2, 0.25) is 0 Å². The summed E-state index contributed by atoms with van der Waals surface area (Å²) < 4.78 is 18.6. The summed E-state index contributed by atoms with van der Waals surface area (Å²) in [5.41, 5.74) is 3.19. The monoisotopic (exact) mass is 243 g/mol. The molecule has 2 aromatic rings. The summed E-state index contributed by atoms with van der Waals surface area (Å²) in [6, 6.07) is 12.7. The minimum absolute atomic E-state index is 0.0702. The van der Waals surface area contributed by atoms with Crippen molar-refractivity contribution in [3.05, 3.63) is 59.4 Å². The van der Waals surface area contributed by atoms with E-state index in [4.69, 9.17) is 4.74 Å². The lowest BCUT2D eigenvalue weighted by Gasteiger charge is -2.28. The molecule has 1 aliphatic heterocycles. The van der Waals surface area contributed by atoms with Gasteiger partial charge >= 0.3 is 0 Å². The van der Waals surface area contributed by atoms with Gasteiger partial charge in [0, 0.05) is 0 Å². The SMILES string of the molecule is Cc1ccc2c(c1)OCC(c1ccc(F)cc1)N2. The Labute approximate surface area is 105 Å². The Balaban J connectivity index is 1.86. The van der Waals surface area contributed by atoms with Crippen molar-refractivity contribution >= 4 is 5.69 Å². The number of rotatable bonds is 1. The molecule has 0 aliphatic carbocycles. The summed E-state index contributed by atoms with van der Waals surface area (Å²) in [5, 5.41) is 3.41. The average molecular weight is 243 g/mol. The highest BCUT2D eigenvalue weighted by Crippen LogP contribution is 2.34. The van der Waals surface area contributed by atoms with Crippen LogP contribution in [0.25, 0.3) is 0 Å². The number of nitrogens with one attached hydrogen (secondary N) is 1. The third-order valence-corrected chi connectivity index (χ3v) is 3.14. The van der Waals surface area contributed by atoms with Gasteiger partial charge in [-0.25, -0.2) is 4.39 Å². The van der Waals surface area contributed by atoms with E-state index in [2.05, 4.69) is 5.32 Å². The standard InChI is InChI=1S/C15H14FNO/c1-10-2-7-13-15(8-10)18-9-14(17-13)11-3-5-12(16)6-4-11/h2-8,14,17H,9H2,1H3. The Hall–Kier alpha value is -2.03. The molecule has 0 bridgehead atoms. The summed E-state index contributed by atoms with van der Waals surface area (Å²) in [4.78, 5) is 0. The molecule has 0 spiro atoms. The van der Waals surface area contributed by atoms with Crippen LogP contribution in [0.1, 0.15) is 17.2 Å². The minimum Gasteiger partial charge on any atom is -0.489 e. The van der Waals surface area contributed by atoms with Crippen LogP contribution in [-0.2, 0) is 0 Å². The van der Waals surface area contributed by atoms with Gasteiger partial charge in [0.05, 0.1) is 11.7 Å². The highest BCUT2D eigenvalue weighted by atomic mass is 19.1. The molecule has 0 aromatic heterocycles. The van der Waals surface area contributed by atoms with Crippen molar-refractivity contribution in [2.45, 2.75) is 13.0 Å². The van der Waals surface area contributed by atoms with Gasteiger partial charge < -0.3 is 10.1 Å². The van der Waals surface area contributed by atoms with Gasteiger partial charge in [-0.2, -0.15) is 0 Å². The van der Waals surface area contributed by atoms with E-state index in [1.807, 2.05) is 25.1 Å². The number of fused-ring (bicyclic) bond motifs is 1. The molecule has 2 nitrogen and oxygen atoms in total. The molecule has 0 radical (unpaired) electrons. The summed E-state index contributed by atoms with van der Waals surface area (Å²) in [6.07, 6.45) is 0. The van der Waals surface area contributed by atoms with Crippen molar-refractivity contribution in [3.63, 3.8) is 0 Å². The van der Waals surface area contributed by atoms with E-state index >= 15 is 0 Å². The van der Waals surface area contributed by atoms with E-state index in [0.717, 1.165) is 17.0 Å². The van der Waals surface area contributed by atoms with Crippen molar-refractivity contribution in [1.82, 2.24) is 0 Å². The molecule has 3 heteroatoms. The molecular weight excluding hydrogens is 229 g/mol. The quantitative estimate of drug-likeness (QED) is 0.825. The molecule has 0 fully saturated rings. The first kappa shape index (κ1) is 11.1. The number of anilines is 1. The molecule has 3 rings (SSSR count). The highest BCUT2D eigenvalue weighted by Gasteiger charge is 2.20. The smallest absolute Gasteiger partial charge is 0.142 e. The van der Waals surface area contributed by atoms with Gasteiger partial charge in [-0.1, -0.05) is 18.2 Å². The molecule has 1 N–H and O–H groups in total. The molecule has 0 saturated carbocycles. The predicted octanol–water partition coefficient (Wildman–Crippen LogP) is 3.68. The van der Waals surface area contributed by atoms with E-state index < -0.39 is 0 Å². The molecule has 1 heterocycles. The van der Waals surface area contributed by atoms with Crippen molar-refractivity contribution in [3.8, 4) is 5.75 Å². The zero-order valence-corrected chi connectivity index (χ0v) is 10.1. The highest BCUT2D eigenvalue weighted by molar-refractivity contribution is 5.60. The van der Waals surface area contributed by atoms with E-state index in [9.17, 15) is 4.39 Å². The second-order valence-corrected chi connectivity index (χ2v) is 4.56. The minimum atomic E-state index is -0.216.